The second-order valence-electron chi connectivity index (χ2n) is 10.2. The van der Waals surface area contributed by atoms with E-state index in [0.29, 0.717) is 12.0 Å². The van der Waals surface area contributed by atoms with Crippen LogP contribution in [0.1, 0.15) is 65.9 Å². The Kier molecular flexibility index (Phi) is 6.71. The third-order valence-electron chi connectivity index (χ3n) is 6.85. The Bertz CT molecular complexity index is 1180. The van der Waals surface area contributed by atoms with E-state index < -0.39 is 6.09 Å². The van der Waals surface area contributed by atoms with Crippen LogP contribution in [0.15, 0.2) is 60.8 Å². The summed E-state index contributed by atoms with van der Waals surface area (Å²) in [7, 11) is 0. The molecule has 1 heterocycles. The first-order valence-electron chi connectivity index (χ1n) is 12.7. The number of carbonyl (C=O) groups is 2. The van der Waals surface area contributed by atoms with Crippen LogP contribution in [-0.4, -0.2) is 38.8 Å². The lowest BCUT2D eigenvalue weighted by Crippen LogP contribution is -2.44. The Morgan fingerprint density at radius 2 is 1.74 bits per heavy atom. The largest absolute Gasteiger partial charge is 0.443 e. The molecule has 35 heavy (non-hydrogen) atoms. The van der Waals surface area contributed by atoms with Crippen LogP contribution in [0.25, 0.3) is 0 Å². The Balaban J connectivity index is 1.26. The third-order valence-corrected chi connectivity index (χ3v) is 6.85. The number of aromatic nitrogens is 2. The summed E-state index contributed by atoms with van der Waals surface area (Å²) >= 11 is 0. The smallest absolute Gasteiger partial charge is 0.435 e. The van der Waals surface area contributed by atoms with Gasteiger partial charge in [-0.05, 0) is 73.3 Å². The number of nitrogens with zero attached hydrogens (tertiary/aromatic N) is 3. The van der Waals surface area contributed by atoms with Crippen molar-refractivity contribution in [2.45, 2.75) is 71.1 Å². The number of hydrogen-bond acceptors (Lipinski definition) is 4. The third kappa shape index (κ3) is 5.47. The fourth-order valence-electron chi connectivity index (χ4n) is 4.99. The quantitative estimate of drug-likeness (QED) is 0.461. The van der Waals surface area contributed by atoms with Crippen molar-refractivity contribution < 1.29 is 14.3 Å². The minimum absolute atomic E-state index is 0.117. The zero-order chi connectivity index (χ0) is 24.4. The van der Waals surface area contributed by atoms with Crippen molar-refractivity contribution in [2.24, 2.45) is 5.92 Å². The zero-order valence-electron chi connectivity index (χ0n) is 20.5. The Labute approximate surface area is 206 Å². The van der Waals surface area contributed by atoms with Gasteiger partial charge in [0.25, 0.3) is 5.91 Å². The molecule has 2 aromatic carbocycles. The summed E-state index contributed by atoms with van der Waals surface area (Å²) in [5.41, 5.74) is 4.93. The molecule has 2 aliphatic carbocycles. The van der Waals surface area contributed by atoms with Gasteiger partial charge in [0.15, 0.2) is 0 Å². The average molecular weight is 472 g/mol. The minimum Gasteiger partial charge on any atom is -0.443 e. The normalized spacial score (nSPS) is 17.2. The second kappa shape index (κ2) is 10.1. The van der Waals surface area contributed by atoms with Gasteiger partial charge in [-0.3, -0.25) is 4.79 Å². The predicted octanol–water partition coefficient (Wildman–Crippen LogP) is 5.43. The maximum Gasteiger partial charge on any atom is 0.435 e. The molecule has 6 heteroatoms. The molecule has 1 atom stereocenters. The van der Waals surface area contributed by atoms with E-state index in [2.05, 4.69) is 36.0 Å². The van der Waals surface area contributed by atoms with Crippen LogP contribution in [-0.2, 0) is 30.6 Å². The van der Waals surface area contributed by atoms with Crippen molar-refractivity contribution in [2.75, 3.05) is 0 Å². The standard InChI is InChI=1S/C29H33N3O3/c1-20(2)16-21-8-10-23(11-9-21)28(33)32(25-12-13-25)26-14-15-27-24(17-26)18-31(30-27)29(34)35-19-22-6-4-3-5-7-22/h3-11,18,20,25-26H,12-17,19H2,1-2H3. The van der Waals surface area contributed by atoms with Crippen molar-refractivity contribution >= 4 is 12.0 Å². The van der Waals surface area contributed by atoms with Gasteiger partial charge in [-0.2, -0.15) is 9.78 Å². The SMILES string of the molecule is CC(C)Cc1ccc(C(=O)N(C2CC2)C2CCc3nn(C(=O)OCc4ccccc4)cc3C2)cc1. The van der Waals surface area contributed by atoms with Gasteiger partial charge in [0, 0.05) is 23.8 Å². The molecule has 1 aromatic heterocycles. The van der Waals surface area contributed by atoms with Crippen molar-refractivity contribution in [3.63, 3.8) is 0 Å². The highest BCUT2D eigenvalue weighted by Gasteiger charge is 2.39. The number of ether oxygens (including phenoxy) is 1. The molecule has 182 valence electrons. The summed E-state index contributed by atoms with van der Waals surface area (Å²) in [4.78, 5) is 28.2. The van der Waals surface area contributed by atoms with Crippen LogP contribution < -0.4 is 0 Å². The molecule has 2 aliphatic rings. The number of aryl methyl sites for hydroxylation is 1. The van der Waals surface area contributed by atoms with E-state index in [9.17, 15) is 9.59 Å². The number of rotatable bonds is 7. The highest BCUT2D eigenvalue weighted by Crippen LogP contribution is 2.35. The number of amides is 1. The summed E-state index contributed by atoms with van der Waals surface area (Å²) in [5.74, 6) is 0.708. The number of hydrogen-bond donors (Lipinski definition) is 0. The molecule has 6 nitrogen and oxygen atoms in total. The Hall–Kier alpha value is -3.41. The van der Waals surface area contributed by atoms with Gasteiger partial charge in [-0.25, -0.2) is 4.79 Å². The molecule has 5 rings (SSSR count). The Morgan fingerprint density at radius 3 is 2.43 bits per heavy atom. The van der Waals surface area contributed by atoms with E-state index in [1.54, 1.807) is 6.20 Å². The first-order valence-corrected chi connectivity index (χ1v) is 12.7. The first-order chi connectivity index (χ1) is 17.0. The van der Waals surface area contributed by atoms with Gasteiger partial charge < -0.3 is 9.64 Å². The highest BCUT2D eigenvalue weighted by atomic mass is 16.6. The molecule has 0 saturated heterocycles. The lowest BCUT2D eigenvalue weighted by molar-refractivity contribution is 0.0642. The van der Waals surface area contributed by atoms with Crippen molar-refractivity contribution in [3.05, 3.63) is 88.7 Å². The van der Waals surface area contributed by atoms with Crippen LogP contribution in [0.2, 0.25) is 0 Å². The summed E-state index contributed by atoms with van der Waals surface area (Å²) in [5, 5.41) is 4.49. The summed E-state index contributed by atoms with van der Waals surface area (Å²) in [6, 6.07) is 18.2. The fraction of sp³-hybridized carbons (Fsp3) is 0.414. The van der Waals surface area contributed by atoms with Gasteiger partial charge in [-0.1, -0.05) is 56.3 Å². The maximum atomic E-state index is 13.5. The molecule has 0 radical (unpaired) electrons. The van der Waals surface area contributed by atoms with Crippen LogP contribution in [0.4, 0.5) is 4.79 Å². The van der Waals surface area contributed by atoms with Crippen LogP contribution in [0, 0.1) is 5.92 Å². The van der Waals surface area contributed by atoms with E-state index in [1.165, 1.54) is 10.2 Å². The van der Waals surface area contributed by atoms with Gasteiger partial charge in [0.1, 0.15) is 6.61 Å². The predicted molar refractivity (Wildman–Crippen MR) is 134 cm³/mol. The Morgan fingerprint density at radius 1 is 1.00 bits per heavy atom. The van der Waals surface area contributed by atoms with Gasteiger partial charge in [0.05, 0.1) is 5.69 Å². The fourth-order valence-corrected chi connectivity index (χ4v) is 4.99. The average Bonchev–Trinajstić information content (AvgIpc) is 3.60. The second-order valence-corrected chi connectivity index (χ2v) is 10.2. The summed E-state index contributed by atoms with van der Waals surface area (Å²) in [6.07, 6.45) is 6.78. The maximum absolute atomic E-state index is 13.5. The summed E-state index contributed by atoms with van der Waals surface area (Å²) in [6.45, 7) is 4.62. The monoisotopic (exact) mass is 471 g/mol. The van der Waals surface area contributed by atoms with E-state index in [-0.39, 0.29) is 18.6 Å². The molecular formula is C29H33N3O3. The topological polar surface area (TPSA) is 64.4 Å². The summed E-state index contributed by atoms with van der Waals surface area (Å²) < 4.78 is 6.75. The van der Waals surface area contributed by atoms with Crippen molar-refractivity contribution in [3.8, 4) is 0 Å². The van der Waals surface area contributed by atoms with E-state index in [4.69, 9.17) is 4.74 Å². The zero-order valence-corrected chi connectivity index (χ0v) is 20.5. The molecule has 0 spiro atoms. The van der Waals surface area contributed by atoms with E-state index in [1.807, 2.05) is 42.5 Å². The molecule has 3 aromatic rings. The van der Waals surface area contributed by atoms with E-state index in [0.717, 1.165) is 60.9 Å². The molecule has 0 aliphatic heterocycles. The van der Waals surface area contributed by atoms with Crippen LogP contribution in [0.5, 0.6) is 0 Å². The molecule has 1 unspecified atom stereocenters. The van der Waals surface area contributed by atoms with Crippen LogP contribution in [0.3, 0.4) is 0 Å². The molecule has 1 saturated carbocycles. The van der Waals surface area contributed by atoms with Crippen LogP contribution >= 0.6 is 0 Å². The molecule has 1 fully saturated rings. The molecule has 0 bridgehead atoms. The van der Waals surface area contributed by atoms with Gasteiger partial charge in [0.2, 0.25) is 0 Å². The van der Waals surface area contributed by atoms with Crippen molar-refractivity contribution in [1.29, 1.82) is 0 Å². The number of carbonyl (C=O) groups excluding carboxylic acids is 2. The highest BCUT2D eigenvalue weighted by molar-refractivity contribution is 5.95. The van der Waals surface area contributed by atoms with Crippen molar-refractivity contribution in [1.82, 2.24) is 14.7 Å². The number of benzene rings is 2. The molecular weight excluding hydrogens is 438 g/mol. The van der Waals surface area contributed by atoms with Gasteiger partial charge >= 0.3 is 6.09 Å². The first kappa shape index (κ1) is 23.3. The minimum atomic E-state index is -0.476. The lowest BCUT2D eigenvalue weighted by Gasteiger charge is -2.34. The number of fused-ring (bicyclic) bond motifs is 1. The van der Waals surface area contributed by atoms with E-state index >= 15 is 0 Å². The lowest BCUT2D eigenvalue weighted by atomic mass is 9.91. The molecule has 0 N–H and O–H groups in total. The molecule has 1 amide bonds. The van der Waals surface area contributed by atoms with Gasteiger partial charge in [-0.15, -0.1) is 0 Å².